The normalized spacial score (nSPS) is 17.1. The average molecular weight is 1100 g/mol. The van der Waals surface area contributed by atoms with Crippen molar-refractivity contribution in [2.24, 2.45) is 0 Å². The number of benzene rings is 16. The van der Waals surface area contributed by atoms with Crippen molar-refractivity contribution in [3.8, 4) is 55.6 Å². The SMILES string of the molecule is [2H]c1c([2H])c([2H])c2c(-c3ccc(-c4cccc5cc6c(cc45)oc4ccccc46)cc3)c3c([2H])c([2H])c([2H])c([2H])c3c(-c3ccccc3)c2c1[2H].[2H]c1c([2H])c([2H])c2c(oc3c([2H])c4c(-c5c6c([2H])c([2H])c([2H])c([2H])c6c(-c6c([2H])c([2H])c7c([2H])c([2H])c([2H])c([2H])c7c6[2H])c6c([2H])c([2H])c([2H])c([2H])c56)c([2H])c([2H])c([2H])c4c([2H])c32)c1[2H]. The lowest BCUT2D eigenvalue weighted by molar-refractivity contribution is 0.669. The van der Waals surface area contributed by atoms with Gasteiger partial charge < -0.3 is 8.83 Å². The highest BCUT2D eigenvalue weighted by molar-refractivity contribution is 6.25. The molecule has 0 aliphatic heterocycles. The van der Waals surface area contributed by atoms with Gasteiger partial charge in [-0.1, -0.05) is 260 Å². The number of rotatable bonds is 5. The molecule has 2 heteroatoms. The summed E-state index contributed by atoms with van der Waals surface area (Å²) in [4.78, 5) is 0. The van der Waals surface area contributed by atoms with Crippen molar-refractivity contribution >= 4 is 119 Å². The highest BCUT2D eigenvalue weighted by Gasteiger charge is 2.21. The molecule has 0 aliphatic carbocycles. The predicted octanol–water partition coefficient (Wildman–Crippen LogP) is 23.6. The third kappa shape index (κ3) is 7.65. The van der Waals surface area contributed by atoms with Crippen LogP contribution in [0.2, 0.25) is 0 Å². The Hall–Kier alpha value is -11.1. The summed E-state index contributed by atoms with van der Waals surface area (Å²) in [5.74, 6) is 0. The number of hydrogen-bond acceptors (Lipinski definition) is 2. The Balaban J connectivity index is 0.000000172. The van der Waals surface area contributed by atoms with Gasteiger partial charge in [0.25, 0.3) is 0 Å². The van der Waals surface area contributed by atoms with Gasteiger partial charge in [0.1, 0.15) is 22.3 Å². The van der Waals surface area contributed by atoms with Gasteiger partial charge >= 0.3 is 0 Å². The van der Waals surface area contributed by atoms with Crippen LogP contribution < -0.4 is 0 Å². The van der Waals surface area contributed by atoms with Crippen LogP contribution in [0.1, 0.15) is 43.9 Å². The molecular weight excluding hydrogens is 1020 g/mol. The monoisotopic (exact) mass is 1100 g/mol. The first-order chi connectivity index (χ1) is 55.0. The van der Waals surface area contributed by atoms with Crippen molar-refractivity contribution in [3.05, 3.63) is 303 Å². The molecule has 2 nitrogen and oxygen atoms in total. The van der Waals surface area contributed by atoms with Crippen LogP contribution >= 0.6 is 0 Å². The van der Waals surface area contributed by atoms with Crippen LogP contribution in [0.15, 0.2) is 311 Å². The first-order valence-electron chi connectivity index (χ1n) is 42.3. The molecule has 2 heterocycles. The van der Waals surface area contributed by atoms with Crippen molar-refractivity contribution in [2.75, 3.05) is 0 Å². The molecule has 0 unspecified atom stereocenters. The molecule has 16 aromatic carbocycles. The summed E-state index contributed by atoms with van der Waals surface area (Å²) in [7, 11) is 0. The highest BCUT2D eigenvalue weighted by Crippen LogP contribution is 2.48. The first-order valence-corrected chi connectivity index (χ1v) is 26.3. The molecule has 0 radical (unpaired) electrons. The summed E-state index contributed by atoms with van der Waals surface area (Å²) >= 11 is 0. The van der Waals surface area contributed by atoms with Gasteiger partial charge in [-0.25, -0.2) is 0 Å². The van der Waals surface area contributed by atoms with Crippen molar-refractivity contribution in [3.63, 3.8) is 0 Å². The standard InChI is InChI=1S/C42H26O.C40H24O/c1-2-11-28(12-3-1)41-33-15-4-6-17-35(33)42(36-18-7-5-16-34(36)41)29-23-21-27(22-24-29)31-19-10-13-30-25-38-32-14-8-9-20-39(32)43-40(38)26-37(30)31;1-2-11-26-22-28(21-20-25(26)10-1)39-30-14-3-5-16-32(30)40(33-17-6-4-15-31(33)39)34-18-9-12-27-23-36-29-13-7-8-19-37(29)41-38(36)24-35(27)34/h1-26H;1-24H/i4D,5D,6D,7D,15D,16D,17D,18D;1D,2D,3D,4D,5D,6D,7D,8D,9D,10D,11D,12D,13D,14D,15D,16D,17D,18D,19D,20D,21D,22D,23D,24D. The number of fused-ring (bicyclic) bond motifs is 13. The Bertz CT molecular complexity index is 7480. The summed E-state index contributed by atoms with van der Waals surface area (Å²) in [5.41, 5.74) is 1.52. The van der Waals surface area contributed by atoms with Crippen LogP contribution in [0.3, 0.4) is 0 Å². The lowest BCUT2D eigenvalue weighted by Gasteiger charge is -2.19. The Labute approximate surface area is 529 Å². The molecule has 0 saturated heterocycles. The van der Waals surface area contributed by atoms with Crippen molar-refractivity contribution in [1.29, 1.82) is 0 Å². The lowest BCUT2D eigenvalue weighted by Crippen LogP contribution is -1.91. The van der Waals surface area contributed by atoms with E-state index in [1.807, 2.05) is 60.7 Å². The maximum atomic E-state index is 9.57. The van der Waals surface area contributed by atoms with E-state index >= 15 is 0 Å². The van der Waals surface area contributed by atoms with E-state index in [1.54, 1.807) is 24.3 Å². The molecule has 390 valence electrons. The quantitative estimate of drug-likeness (QED) is 0.161. The minimum atomic E-state index is -0.949. The fourth-order valence-corrected chi connectivity index (χ4v) is 11.5. The summed E-state index contributed by atoms with van der Waals surface area (Å²) in [6.45, 7) is 0. The highest BCUT2D eigenvalue weighted by atomic mass is 16.3. The average Bonchev–Trinajstić information content (AvgIpc) is 1.10. The molecular formula is C82H50O2. The Morgan fingerprint density at radius 3 is 1.43 bits per heavy atom. The molecule has 2 aromatic heterocycles. The van der Waals surface area contributed by atoms with Gasteiger partial charge in [0.15, 0.2) is 0 Å². The van der Waals surface area contributed by atoms with Crippen molar-refractivity contribution in [2.45, 2.75) is 0 Å². The topological polar surface area (TPSA) is 26.3 Å². The smallest absolute Gasteiger partial charge is 0.136 e. The Kier molecular flexibility index (Phi) is 5.93. The van der Waals surface area contributed by atoms with E-state index in [0.29, 0.717) is 22.3 Å². The van der Waals surface area contributed by atoms with Gasteiger partial charge in [-0.3, -0.25) is 0 Å². The number of para-hydroxylation sites is 2. The lowest BCUT2D eigenvalue weighted by atomic mass is 9.84. The van der Waals surface area contributed by atoms with Crippen LogP contribution in [0.25, 0.3) is 175 Å². The molecule has 0 spiro atoms. The van der Waals surface area contributed by atoms with E-state index in [-0.39, 0.29) is 56.5 Å². The molecule has 0 saturated carbocycles. The molecule has 0 aliphatic rings. The Morgan fingerprint density at radius 2 is 0.750 bits per heavy atom. The molecule has 18 aromatic rings. The van der Waals surface area contributed by atoms with Gasteiger partial charge in [-0.15, -0.1) is 0 Å². The second kappa shape index (κ2) is 19.3. The fraction of sp³-hybridized carbons (Fsp3) is 0. The van der Waals surface area contributed by atoms with Crippen LogP contribution in [0, 0.1) is 0 Å². The summed E-state index contributed by atoms with van der Waals surface area (Å²) in [6.07, 6.45) is 0. The number of furan rings is 2. The minimum absolute atomic E-state index is 0.197. The van der Waals surface area contributed by atoms with E-state index in [9.17, 15) is 12.3 Å². The molecule has 0 amide bonds. The molecule has 0 bridgehead atoms. The van der Waals surface area contributed by atoms with E-state index < -0.39 is 246 Å². The summed E-state index contributed by atoms with van der Waals surface area (Å²) in [5, 5.41) is -0.785. The van der Waals surface area contributed by atoms with Gasteiger partial charge in [0, 0.05) is 21.5 Å². The molecule has 0 N–H and O–H groups in total. The van der Waals surface area contributed by atoms with Crippen LogP contribution in [0.5, 0.6) is 0 Å². The van der Waals surface area contributed by atoms with Crippen LogP contribution in [0.4, 0.5) is 0 Å². The summed E-state index contributed by atoms with van der Waals surface area (Å²) in [6, 6.07) is 11.6. The molecule has 18 rings (SSSR count). The van der Waals surface area contributed by atoms with E-state index in [2.05, 4.69) is 24.3 Å². The third-order valence-electron chi connectivity index (χ3n) is 15.1. The number of hydrogen-bond donors (Lipinski definition) is 0. The van der Waals surface area contributed by atoms with E-state index in [0.717, 1.165) is 43.8 Å². The third-order valence-corrected chi connectivity index (χ3v) is 15.1. The second-order valence-electron chi connectivity index (χ2n) is 19.7. The van der Waals surface area contributed by atoms with Gasteiger partial charge in [0.05, 0.1) is 43.9 Å². The first kappa shape index (κ1) is 25.8. The fourth-order valence-electron chi connectivity index (χ4n) is 11.5. The van der Waals surface area contributed by atoms with Crippen molar-refractivity contribution in [1.82, 2.24) is 0 Å². The molecule has 0 fully saturated rings. The maximum absolute atomic E-state index is 9.57. The zero-order chi connectivity index (χ0) is 83.1. The van der Waals surface area contributed by atoms with Crippen molar-refractivity contribution < 1.29 is 52.7 Å². The minimum Gasteiger partial charge on any atom is -0.456 e. The predicted molar refractivity (Wildman–Crippen MR) is 357 cm³/mol. The van der Waals surface area contributed by atoms with Gasteiger partial charge in [-0.2, -0.15) is 0 Å². The second-order valence-corrected chi connectivity index (χ2v) is 19.7. The summed E-state index contributed by atoms with van der Waals surface area (Å²) < 4.78 is 297. The largest absolute Gasteiger partial charge is 0.456 e. The zero-order valence-electron chi connectivity index (χ0n) is 75.2. The van der Waals surface area contributed by atoms with E-state index in [4.69, 9.17) is 40.4 Å². The van der Waals surface area contributed by atoms with E-state index in [1.165, 1.54) is 0 Å². The van der Waals surface area contributed by atoms with Crippen LogP contribution in [-0.4, -0.2) is 0 Å². The van der Waals surface area contributed by atoms with Crippen LogP contribution in [-0.2, 0) is 0 Å². The Morgan fingerprint density at radius 1 is 0.214 bits per heavy atom. The molecule has 0 atom stereocenters. The zero-order valence-corrected chi connectivity index (χ0v) is 43.2. The van der Waals surface area contributed by atoms with Gasteiger partial charge in [-0.05, 0) is 173 Å². The molecule has 84 heavy (non-hydrogen) atoms. The van der Waals surface area contributed by atoms with Gasteiger partial charge in [0.2, 0.25) is 0 Å². The maximum Gasteiger partial charge on any atom is 0.136 e.